The highest BCUT2D eigenvalue weighted by molar-refractivity contribution is 6.30. The van der Waals surface area contributed by atoms with E-state index in [4.69, 9.17) is 17.4 Å². The normalized spacial score (nSPS) is 10.6. The van der Waals surface area contributed by atoms with Gasteiger partial charge in [0.15, 0.2) is 5.82 Å². The topological polar surface area (TPSA) is 63.8 Å². The third-order valence-electron chi connectivity index (χ3n) is 3.15. The Kier molecular flexibility index (Phi) is 4.02. The third kappa shape index (κ3) is 2.69. The van der Waals surface area contributed by atoms with Gasteiger partial charge in [0.25, 0.3) is 0 Å². The second kappa shape index (κ2) is 5.55. The Morgan fingerprint density at radius 3 is 2.58 bits per heavy atom. The van der Waals surface area contributed by atoms with Gasteiger partial charge in [-0.15, -0.1) is 0 Å². The van der Waals surface area contributed by atoms with Gasteiger partial charge in [-0.05, 0) is 44.0 Å². The van der Waals surface area contributed by atoms with Crippen molar-refractivity contribution >= 4 is 17.4 Å². The summed E-state index contributed by atoms with van der Waals surface area (Å²) >= 11 is 5.97. The molecule has 0 spiro atoms. The number of nitrogens with zero attached hydrogens (tertiary/aromatic N) is 2. The number of nitrogen functional groups attached to an aromatic ring is 1. The smallest absolute Gasteiger partial charge is 0.162 e. The molecule has 0 aliphatic heterocycles. The zero-order valence-electron chi connectivity index (χ0n) is 11.3. The zero-order valence-corrected chi connectivity index (χ0v) is 12.0. The fourth-order valence-electron chi connectivity index (χ4n) is 2.05. The molecular formula is C14H17ClN4. The Hall–Kier alpha value is -1.65. The van der Waals surface area contributed by atoms with E-state index >= 15 is 0 Å². The molecular weight excluding hydrogens is 260 g/mol. The van der Waals surface area contributed by atoms with Crippen LogP contribution in [0, 0.1) is 13.8 Å². The molecule has 0 fully saturated rings. The molecule has 19 heavy (non-hydrogen) atoms. The molecule has 0 aliphatic carbocycles. The van der Waals surface area contributed by atoms with E-state index < -0.39 is 0 Å². The van der Waals surface area contributed by atoms with Gasteiger partial charge < -0.3 is 5.43 Å². The lowest BCUT2D eigenvalue weighted by Crippen LogP contribution is -2.13. The molecule has 0 radical (unpaired) electrons. The molecule has 0 amide bonds. The van der Waals surface area contributed by atoms with Crippen molar-refractivity contribution in [1.29, 1.82) is 0 Å². The number of hydrogen-bond acceptors (Lipinski definition) is 4. The maximum absolute atomic E-state index is 5.97. The molecule has 2 aromatic rings. The molecule has 1 heterocycles. The van der Waals surface area contributed by atoms with E-state index in [0.717, 1.165) is 28.8 Å². The predicted molar refractivity (Wildman–Crippen MR) is 79.1 cm³/mol. The van der Waals surface area contributed by atoms with Crippen LogP contribution in [0.3, 0.4) is 0 Å². The summed E-state index contributed by atoms with van der Waals surface area (Å²) in [5.74, 6) is 6.86. The second-order valence-corrected chi connectivity index (χ2v) is 4.86. The molecule has 0 unspecified atom stereocenters. The standard InChI is InChI=1S/C14H17ClN4/c1-4-12-9(3)13(19-16)18-14(17-12)11-6-5-10(15)7-8(11)2/h5-7H,4,16H2,1-3H3,(H,17,18,19). The summed E-state index contributed by atoms with van der Waals surface area (Å²) in [7, 11) is 0. The van der Waals surface area contributed by atoms with Crippen molar-refractivity contribution in [2.24, 2.45) is 5.84 Å². The second-order valence-electron chi connectivity index (χ2n) is 4.42. The summed E-state index contributed by atoms with van der Waals surface area (Å²) in [5, 5.41) is 0.709. The van der Waals surface area contributed by atoms with Crippen molar-refractivity contribution in [3.05, 3.63) is 40.0 Å². The number of hydrogen-bond donors (Lipinski definition) is 2. The number of aryl methyl sites for hydroxylation is 2. The fraction of sp³-hybridized carbons (Fsp3) is 0.286. The highest BCUT2D eigenvalue weighted by Gasteiger charge is 2.12. The third-order valence-corrected chi connectivity index (χ3v) is 3.38. The van der Waals surface area contributed by atoms with Crippen LogP contribution in [-0.4, -0.2) is 9.97 Å². The fourth-order valence-corrected chi connectivity index (χ4v) is 2.27. The molecule has 0 atom stereocenters. The highest BCUT2D eigenvalue weighted by Crippen LogP contribution is 2.26. The molecule has 0 saturated heterocycles. The molecule has 4 nitrogen and oxygen atoms in total. The van der Waals surface area contributed by atoms with E-state index in [1.165, 1.54) is 0 Å². The van der Waals surface area contributed by atoms with E-state index in [1.807, 2.05) is 32.0 Å². The van der Waals surface area contributed by atoms with E-state index in [9.17, 15) is 0 Å². The predicted octanol–water partition coefficient (Wildman–Crippen LogP) is 3.26. The average molecular weight is 277 g/mol. The molecule has 1 aromatic heterocycles. The molecule has 0 aliphatic rings. The Labute approximate surface area is 118 Å². The van der Waals surface area contributed by atoms with Crippen LogP contribution in [0.15, 0.2) is 18.2 Å². The van der Waals surface area contributed by atoms with Crippen molar-refractivity contribution in [3.63, 3.8) is 0 Å². The number of hydrazine groups is 1. The lowest BCUT2D eigenvalue weighted by molar-refractivity contribution is 0.972. The van der Waals surface area contributed by atoms with E-state index in [0.29, 0.717) is 16.7 Å². The lowest BCUT2D eigenvalue weighted by Gasteiger charge is -2.12. The minimum atomic E-state index is 0.663. The maximum Gasteiger partial charge on any atom is 0.162 e. The number of aromatic nitrogens is 2. The summed E-state index contributed by atoms with van der Waals surface area (Å²) in [6.07, 6.45) is 0.836. The summed E-state index contributed by atoms with van der Waals surface area (Å²) in [5.41, 5.74) is 6.62. The monoisotopic (exact) mass is 276 g/mol. The van der Waals surface area contributed by atoms with Crippen LogP contribution in [0.25, 0.3) is 11.4 Å². The molecule has 2 rings (SSSR count). The van der Waals surface area contributed by atoms with Gasteiger partial charge in [-0.25, -0.2) is 15.8 Å². The van der Waals surface area contributed by atoms with E-state index in [-0.39, 0.29) is 0 Å². The molecule has 1 aromatic carbocycles. The van der Waals surface area contributed by atoms with Gasteiger partial charge in [-0.2, -0.15) is 0 Å². The zero-order chi connectivity index (χ0) is 14.0. The SMILES string of the molecule is CCc1nc(-c2ccc(Cl)cc2C)nc(NN)c1C. The number of benzene rings is 1. The first-order valence-corrected chi connectivity index (χ1v) is 6.55. The quantitative estimate of drug-likeness (QED) is 0.667. The number of halogens is 1. The number of rotatable bonds is 3. The van der Waals surface area contributed by atoms with Crippen molar-refractivity contribution in [2.45, 2.75) is 27.2 Å². The number of nitrogens with two attached hydrogens (primary N) is 1. The summed E-state index contributed by atoms with van der Waals surface area (Å²) < 4.78 is 0. The van der Waals surface area contributed by atoms with Gasteiger partial charge in [0, 0.05) is 21.8 Å². The highest BCUT2D eigenvalue weighted by atomic mass is 35.5. The summed E-state index contributed by atoms with van der Waals surface area (Å²) in [6, 6.07) is 5.68. The summed E-state index contributed by atoms with van der Waals surface area (Å²) in [6.45, 7) is 6.02. The molecule has 100 valence electrons. The van der Waals surface area contributed by atoms with Crippen molar-refractivity contribution in [3.8, 4) is 11.4 Å². The van der Waals surface area contributed by atoms with Gasteiger partial charge in [0.2, 0.25) is 0 Å². The lowest BCUT2D eigenvalue weighted by atomic mass is 10.1. The Morgan fingerprint density at radius 2 is 2.00 bits per heavy atom. The first-order chi connectivity index (χ1) is 9.06. The van der Waals surface area contributed by atoms with E-state index in [2.05, 4.69) is 22.3 Å². The number of nitrogens with one attached hydrogen (secondary N) is 1. The Morgan fingerprint density at radius 1 is 1.26 bits per heavy atom. The summed E-state index contributed by atoms with van der Waals surface area (Å²) in [4.78, 5) is 9.08. The van der Waals surface area contributed by atoms with Crippen LogP contribution in [0.4, 0.5) is 5.82 Å². The average Bonchev–Trinajstić information content (AvgIpc) is 2.39. The van der Waals surface area contributed by atoms with Gasteiger partial charge in [-0.3, -0.25) is 0 Å². The van der Waals surface area contributed by atoms with Crippen LogP contribution >= 0.6 is 11.6 Å². The van der Waals surface area contributed by atoms with Gasteiger partial charge in [0.1, 0.15) is 5.82 Å². The van der Waals surface area contributed by atoms with Crippen LogP contribution in [-0.2, 0) is 6.42 Å². The van der Waals surface area contributed by atoms with E-state index in [1.54, 1.807) is 0 Å². The largest absolute Gasteiger partial charge is 0.308 e. The number of anilines is 1. The van der Waals surface area contributed by atoms with Crippen LogP contribution < -0.4 is 11.3 Å². The first kappa shape index (κ1) is 13.8. The molecule has 0 saturated carbocycles. The van der Waals surface area contributed by atoms with Gasteiger partial charge in [0.05, 0.1) is 0 Å². The first-order valence-electron chi connectivity index (χ1n) is 6.17. The molecule has 0 bridgehead atoms. The van der Waals surface area contributed by atoms with Crippen LogP contribution in [0.1, 0.15) is 23.7 Å². The van der Waals surface area contributed by atoms with Crippen LogP contribution in [0.5, 0.6) is 0 Å². The van der Waals surface area contributed by atoms with Gasteiger partial charge in [-0.1, -0.05) is 18.5 Å². The van der Waals surface area contributed by atoms with Crippen molar-refractivity contribution in [1.82, 2.24) is 9.97 Å². The molecule has 3 N–H and O–H groups in total. The van der Waals surface area contributed by atoms with Crippen LogP contribution in [0.2, 0.25) is 5.02 Å². The minimum Gasteiger partial charge on any atom is -0.308 e. The maximum atomic E-state index is 5.97. The van der Waals surface area contributed by atoms with Crippen molar-refractivity contribution < 1.29 is 0 Å². The Bertz CT molecular complexity index is 585. The minimum absolute atomic E-state index is 0.663. The van der Waals surface area contributed by atoms with Gasteiger partial charge >= 0.3 is 0 Å². The van der Waals surface area contributed by atoms with Crippen molar-refractivity contribution in [2.75, 3.05) is 5.43 Å². The Balaban J connectivity index is 2.62. The molecule has 5 heteroatoms.